The normalized spacial score (nSPS) is 20.6. The number of carbonyl (C=O) groups excluding carboxylic acids is 1. The summed E-state index contributed by atoms with van der Waals surface area (Å²) in [7, 11) is 0. The van der Waals surface area contributed by atoms with Crippen molar-refractivity contribution in [2.75, 3.05) is 13.2 Å². The summed E-state index contributed by atoms with van der Waals surface area (Å²) < 4.78 is 12.9. The minimum absolute atomic E-state index is 0.0901. The molecule has 2 aliphatic heterocycles. The molecule has 0 radical (unpaired) electrons. The second-order valence-corrected chi connectivity index (χ2v) is 7.91. The van der Waals surface area contributed by atoms with Crippen LogP contribution in [0.2, 0.25) is 0 Å². The zero-order valence-corrected chi connectivity index (χ0v) is 16.7. The van der Waals surface area contributed by atoms with E-state index in [4.69, 9.17) is 9.26 Å². The van der Waals surface area contributed by atoms with E-state index in [0.717, 1.165) is 80.5 Å². The lowest BCUT2D eigenvalue weighted by molar-refractivity contribution is -0.121. The fourth-order valence-electron chi connectivity index (χ4n) is 4.31. The van der Waals surface area contributed by atoms with Crippen LogP contribution in [0.25, 0.3) is 0 Å². The van der Waals surface area contributed by atoms with E-state index in [1.54, 1.807) is 0 Å². The SMILES string of the molecule is Cc1noc(C)c1CCC(=O)NC1CCc2nnc(C3CCOCC3)n2CC1. The number of nitrogens with one attached hydrogen (secondary N) is 1. The molecule has 1 fully saturated rings. The minimum Gasteiger partial charge on any atom is -0.381 e. The predicted molar refractivity (Wildman–Crippen MR) is 102 cm³/mol. The minimum atomic E-state index is 0.0901. The number of carbonyl (C=O) groups is 1. The highest BCUT2D eigenvalue weighted by atomic mass is 16.5. The van der Waals surface area contributed by atoms with Gasteiger partial charge < -0.3 is 19.1 Å². The smallest absolute Gasteiger partial charge is 0.220 e. The Morgan fingerprint density at radius 1 is 1.18 bits per heavy atom. The van der Waals surface area contributed by atoms with Crippen molar-refractivity contribution < 1.29 is 14.1 Å². The van der Waals surface area contributed by atoms with E-state index in [1.165, 1.54) is 0 Å². The van der Waals surface area contributed by atoms with Gasteiger partial charge in [-0.15, -0.1) is 10.2 Å². The number of fused-ring (bicyclic) bond motifs is 1. The molecule has 0 aliphatic carbocycles. The van der Waals surface area contributed by atoms with Gasteiger partial charge >= 0.3 is 0 Å². The van der Waals surface area contributed by atoms with Crippen LogP contribution in [-0.2, 0) is 28.9 Å². The summed E-state index contributed by atoms with van der Waals surface area (Å²) in [6.45, 7) is 6.28. The highest BCUT2D eigenvalue weighted by Crippen LogP contribution is 2.28. The lowest BCUT2D eigenvalue weighted by Crippen LogP contribution is -2.35. The zero-order chi connectivity index (χ0) is 19.5. The summed E-state index contributed by atoms with van der Waals surface area (Å²) in [4.78, 5) is 12.5. The molecule has 1 amide bonds. The van der Waals surface area contributed by atoms with Crippen LogP contribution in [0.3, 0.4) is 0 Å². The molecule has 2 aromatic rings. The van der Waals surface area contributed by atoms with Gasteiger partial charge in [-0.1, -0.05) is 5.16 Å². The monoisotopic (exact) mass is 387 g/mol. The Hall–Kier alpha value is -2.22. The van der Waals surface area contributed by atoms with Crippen molar-refractivity contribution >= 4 is 5.91 Å². The fraction of sp³-hybridized carbons (Fsp3) is 0.700. The van der Waals surface area contributed by atoms with Gasteiger partial charge in [0.1, 0.15) is 17.4 Å². The molecule has 1 atom stereocenters. The molecule has 4 rings (SSSR count). The van der Waals surface area contributed by atoms with E-state index in [1.807, 2.05) is 13.8 Å². The molecule has 0 bridgehead atoms. The molecule has 28 heavy (non-hydrogen) atoms. The molecule has 1 saturated heterocycles. The van der Waals surface area contributed by atoms with Crippen molar-refractivity contribution in [3.05, 3.63) is 28.7 Å². The second-order valence-electron chi connectivity index (χ2n) is 7.91. The molecular formula is C20H29N5O3. The van der Waals surface area contributed by atoms with Crippen LogP contribution < -0.4 is 5.32 Å². The van der Waals surface area contributed by atoms with Crippen molar-refractivity contribution in [1.82, 2.24) is 25.2 Å². The largest absolute Gasteiger partial charge is 0.381 e. The topological polar surface area (TPSA) is 95.1 Å². The van der Waals surface area contributed by atoms with Crippen LogP contribution in [0, 0.1) is 13.8 Å². The summed E-state index contributed by atoms with van der Waals surface area (Å²) in [5, 5.41) is 16.1. The predicted octanol–water partition coefficient (Wildman–Crippen LogP) is 2.23. The lowest BCUT2D eigenvalue weighted by atomic mass is 9.99. The quantitative estimate of drug-likeness (QED) is 0.845. The highest BCUT2D eigenvalue weighted by Gasteiger charge is 2.26. The summed E-state index contributed by atoms with van der Waals surface area (Å²) in [6.07, 6.45) is 5.82. The summed E-state index contributed by atoms with van der Waals surface area (Å²) in [5.74, 6) is 3.49. The molecular weight excluding hydrogens is 358 g/mol. The van der Waals surface area contributed by atoms with Crippen molar-refractivity contribution in [2.45, 2.75) is 77.3 Å². The molecule has 1 N–H and O–H groups in total. The first-order valence-electron chi connectivity index (χ1n) is 10.3. The number of hydrogen-bond donors (Lipinski definition) is 1. The van der Waals surface area contributed by atoms with E-state index in [9.17, 15) is 4.79 Å². The van der Waals surface area contributed by atoms with E-state index >= 15 is 0 Å². The summed E-state index contributed by atoms with van der Waals surface area (Å²) in [5.41, 5.74) is 1.92. The van der Waals surface area contributed by atoms with Crippen molar-refractivity contribution in [1.29, 1.82) is 0 Å². The number of amides is 1. The standard InChI is InChI=1S/C20H29N5O3/c1-13-17(14(2)28-24-13)4-6-19(26)21-16-3-5-18-22-23-20(25(18)10-7-16)15-8-11-27-12-9-15/h15-16H,3-12H2,1-2H3,(H,21,26). The molecule has 0 spiro atoms. The molecule has 2 aromatic heterocycles. The number of rotatable bonds is 5. The van der Waals surface area contributed by atoms with Gasteiger partial charge in [0.05, 0.1) is 5.69 Å². The average molecular weight is 387 g/mol. The first-order chi connectivity index (χ1) is 13.6. The van der Waals surface area contributed by atoms with Crippen molar-refractivity contribution in [3.63, 3.8) is 0 Å². The maximum atomic E-state index is 12.5. The maximum absolute atomic E-state index is 12.5. The second kappa shape index (κ2) is 8.43. The van der Waals surface area contributed by atoms with Gasteiger partial charge in [-0.05, 0) is 46.0 Å². The Balaban J connectivity index is 1.31. The van der Waals surface area contributed by atoms with Crippen molar-refractivity contribution in [3.8, 4) is 0 Å². The molecule has 8 heteroatoms. The van der Waals surface area contributed by atoms with Crippen LogP contribution in [-0.4, -0.2) is 45.1 Å². The van der Waals surface area contributed by atoms with E-state index in [-0.39, 0.29) is 11.9 Å². The first kappa shape index (κ1) is 19.1. The Bertz CT molecular complexity index is 802. The van der Waals surface area contributed by atoms with Gasteiger partial charge in [0, 0.05) is 50.1 Å². The van der Waals surface area contributed by atoms with Gasteiger partial charge in [0.25, 0.3) is 0 Å². The molecule has 152 valence electrons. The first-order valence-corrected chi connectivity index (χ1v) is 10.3. The number of hydrogen-bond acceptors (Lipinski definition) is 6. The molecule has 0 saturated carbocycles. The number of nitrogens with zero attached hydrogens (tertiary/aromatic N) is 4. The molecule has 2 aliphatic rings. The van der Waals surface area contributed by atoms with Gasteiger partial charge in [-0.2, -0.15) is 0 Å². The van der Waals surface area contributed by atoms with Gasteiger partial charge in [0.15, 0.2) is 0 Å². The van der Waals surface area contributed by atoms with Crippen LogP contribution in [0.15, 0.2) is 4.52 Å². The van der Waals surface area contributed by atoms with E-state index < -0.39 is 0 Å². The van der Waals surface area contributed by atoms with Gasteiger partial charge in [0.2, 0.25) is 5.91 Å². The molecule has 8 nitrogen and oxygen atoms in total. The Kier molecular flexibility index (Phi) is 5.75. The fourth-order valence-corrected chi connectivity index (χ4v) is 4.31. The molecule has 4 heterocycles. The Morgan fingerprint density at radius 2 is 2.00 bits per heavy atom. The molecule has 1 unspecified atom stereocenters. The van der Waals surface area contributed by atoms with Crippen LogP contribution in [0.4, 0.5) is 0 Å². The third-order valence-electron chi connectivity index (χ3n) is 6.01. The number of aryl methyl sites for hydroxylation is 3. The van der Waals surface area contributed by atoms with E-state index in [2.05, 4.69) is 25.2 Å². The Labute approximate surface area is 165 Å². The molecule has 0 aromatic carbocycles. The zero-order valence-electron chi connectivity index (χ0n) is 16.7. The van der Waals surface area contributed by atoms with Crippen LogP contribution >= 0.6 is 0 Å². The number of aromatic nitrogens is 4. The lowest BCUT2D eigenvalue weighted by Gasteiger charge is -2.22. The average Bonchev–Trinajstić information content (AvgIpc) is 3.19. The summed E-state index contributed by atoms with van der Waals surface area (Å²) in [6, 6.07) is 0.182. The third-order valence-corrected chi connectivity index (χ3v) is 6.01. The van der Waals surface area contributed by atoms with Crippen LogP contribution in [0.5, 0.6) is 0 Å². The number of ether oxygens (including phenoxy) is 1. The summed E-state index contributed by atoms with van der Waals surface area (Å²) >= 11 is 0. The third kappa shape index (κ3) is 4.11. The van der Waals surface area contributed by atoms with Gasteiger partial charge in [-0.25, -0.2) is 0 Å². The maximum Gasteiger partial charge on any atom is 0.220 e. The Morgan fingerprint density at radius 3 is 2.75 bits per heavy atom. The van der Waals surface area contributed by atoms with Crippen LogP contribution in [0.1, 0.15) is 66.7 Å². The van der Waals surface area contributed by atoms with Gasteiger partial charge in [-0.3, -0.25) is 4.79 Å². The highest BCUT2D eigenvalue weighted by molar-refractivity contribution is 5.76. The van der Waals surface area contributed by atoms with Crippen molar-refractivity contribution in [2.24, 2.45) is 0 Å². The van der Waals surface area contributed by atoms with E-state index in [0.29, 0.717) is 18.8 Å².